The van der Waals surface area contributed by atoms with Gasteiger partial charge in [0.2, 0.25) is 10.0 Å². The van der Waals surface area contributed by atoms with Crippen molar-refractivity contribution in [3.63, 3.8) is 0 Å². The summed E-state index contributed by atoms with van der Waals surface area (Å²) in [4.78, 5) is 2.52. The maximum atomic E-state index is 13.7. The number of sulfonamides is 1. The Labute approximate surface area is 272 Å². The molecule has 2 aliphatic heterocycles. The Balaban J connectivity index is 1.28. The van der Waals surface area contributed by atoms with Gasteiger partial charge in [0.25, 0.3) is 8.32 Å². The van der Waals surface area contributed by atoms with Gasteiger partial charge < -0.3 is 14.3 Å². The van der Waals surface area contributed by atoms with Crippen LogP contribution in [0.5, 0.6) is 11.5 Å². The van der Waals surface area contributed by atoms with E-state index in [2.05, 4.69) is 55.6 Å². The van der Waals surface area contributed by atoms with Gasteiger partial charge in [0, 0.05) is 18.2 Å². The summed E-state index contributed by atoms with van der Waals surface area (Å²) in [7, 11) is -5.99. The van der Waals surface area contributed by atoms with E-state index in [1.807, 2.05) is 0 Å². The third-order valence-corrected chi connectivity index (χ3v) is 18.0. The van der Waals surface area contributed by atoms with Crippen molar-refractivity contribution in [1.29, 1.82) is 0 Å². The summed E-state index contributed by atoms with van der Waals surface area (Å²) in [6, 6.07) is 8.61. The highest BCUT2D eigenvalue weighted by molar-refractivity contribution is 7.88. The number of likely N-dealkylation sites (tertiary alicyclic amines) is 1. The zero-order valence-corrected chi connectivity index (χ0v) is 29.6. The van der Waals surface area contributed by atoms with Gasteiger partial charge in [0.05, 0.1) is 32.9 Å². The quantitative estimate of drug-likeness (QED) is 0.313. The molecule has 2 aromatic carbocycles. The lowest BCUT2D eigenvalue weighted by molar-refractivity contribution is -0.190. The normalized spacial score (nSPS) is 31.4. The number of benzene rings is 2. The minimum absolute atomic E-state index is 0.0119. The van der Waals surface area contributed by atoms with E-state index in [-0.39, 0.29) is 16.8 Å². The number of rotatable bonds is 8. The first-order valence-corrected chi connectivity index (χ1v) is 21.3. The first-order valence-electron chi connectivity index (χ1n) is 16.0. The van der Waals surface area contributed by atoms with Crippen LogP contribution in [0.25, 0.3) is 0 Å². The Kier molecular flexibility index (Phi) is 7.34. The van der Waals surface area contributed by atoms with Gasteiger partial charge in [-0.1, -0.05) is 56.1 Å². The van der Waals surface area contributed by atoms with Gasteiger partial charge >= 0.3 is 0 Å². The number of halogens is 2. The van der Waals surface area contributed by atoms with Crippen LogP contribution in [0.1, 0.15) is 69.6 Å². The third kappa shape index (κ3) is 4.87. The fourth-order valence-corrected chi connectivity index (χ4v) is 11.0. The smallest absolute Gasteiger partial charge is 0.250 e. The molecule has 3 aliphatic carbocycles. The first kappa shape index (κ1) is 31.3. The van der Waals surface area contributed by atoms with Crippen molar-refractivity contribution in [2.75, 3.05) is 13.1 Å². The fraction of sp³-hybridized carbons (Fsp3) is 0.636. The van der Waals surface area contributed by atoms with E-state index in [9.17, 15) is 13.5 Å². The Morgan fingerprint density at radius 2 is 1.86 bits per heavy atom. The van der Waals surface area contributed by atoms with E-state index in [0.717, 1.165) is 30.8 Å². The third-order valence-electron chi connectivity index (χ3n) is 11.6. The molecule has 5 aliphatic rings. The molecule has 0 aromatic heterocycles. The van der Waals surface area contributed by atoms with Gasteiger partial charge in [0.1, 0.15) is 11.9 Å². The minimum atomic E-state index is -3.77. The van der Waals surface area contributed by atoms with Gasteiger partial charge in [-0.25, -0.2) is 13.1 Å². The van der Waals surface area contributed by atoms with Crippen LogP contribution in [0.2, 0.25) is 28.2 Å². The summed E-state index contributed by atoms with van der Waals surface area (Å²) in [5.74, 6) is 1.92. The molecule has 2 N–H and O–H groups in total. The lowest BCUT2D eigenvalue weighted by Gasteiger charge is -2.64. The molecule has 3 fully saturated rings. The van der Waals surface area contributed by atoms with E-state index in [4.69, 9.17) is 32.4 Å². The summed E-state index contributed by atoms with van der Waals surface area (Å²) in [6.07, 6.45) is 4.44. The number of aliphatic hydroxyl groups is 1. The molecular weight excluding hydrogens is 635 g/mol. The Morgan fingerprint density at radius 1 is 1.11 bits per heavy atom. The molecular formula is C33H44Cl2N2O5SSi. The summed E-state index contributed by atoms with van der Waals surface area (Å²) < 4.78 is 44.2. The summed E-state index contributed by atoms with van der Waals surface area (Å²) >= 11 is 12.3. The average molecular weight is 680 g/mol. The van der Waals surface area contributed by atoms with Crippen LogP contribution >= 0.6 is 23.2 Å². The molecule has 240 valence electrons. The molecule has 44 heavy (non-hydrogen) atoms. The second-order valence-electron chi connectivity index (χ2n) is 15.4. The standard InChI is InChI=1S/C33H44Cl2N2O5SSi/c1-31(2,3)44(4,5)42-26-11-9-22-17-27-33(38)13-12-25(36-43(39,40)19-21-8-10-23(34)24(35)16-21)30-32(33,28(22)29(26)41-30)14-15-37(27)18-20-6-7-20/h8-11,16,20,25,27,30,36,38H,6-7,12-15,17-19H2,1-5H3/t25-,27+,30-,32-,33+/m0/s1. The van der Waals surface area contributed by atoms with Gasteiger partial charge in [-0.05, 0) is 98.4 Å². The molecule has 0 radical (unpaired) electrons. The predicted octanol–water partition coefficient (Wildman–Crippen LogP) is 6.43. The molecule has 2 aromatic rings. The molecule has 11 heteroatoms. The number of hydrogen-bond donors (Lipinski definition) is 2. The maximum absolute atomic E-state index is 13.7. The molecule has 0 amide bonds. The second kappa shape index (κ2) is 10.3. The van der Waals surface area contributed by atoms with Crippen LogP contribution in [-0.2, 0) is 27.6 Å². The maximum Gasteiger partial charge on any atom is 0.250 e. The Bertz CT molecular complexity index is 1610. The van der Waals surface area contributed by atoms with Crippen LogP contribution in [0.3, 0.4) is 0 Å². The van der Waals surface area contributed by atoms with Crippen molar-refractivity contribution < 1.29 is 22.7 Å². The van der Waals surface area contributed by atoms with Crippen LogP contribution < -0.4 is 13.9 Å². The Hall–Kier alpha value is -1.33. The lowest BCUT2D eigenvalue weighted by atomic mass is 9.48. The van der Waals surface area contributed by atoms with Crippen molar-refractivity contribution in [3.05, 3.63) is 57.1 Å². The van der Waals surface area contributed by atoms with Crippen LogP contribution in [0, 0.1) is 5.92 Å². The van der Waals surface area contributed by atoms with Crippen molar-refractivity contribution in [2.45, 2.75) is 112 Å². The SMILES string of the molecule is CC(C)(C)[Si](C)(C)Oc1ccc2c3c1O[C@H]1[C@@H](NS(=O)(=O)Cc4ccc(Cl)c(Cl)c4)CC[C@@]4(O)[C@@H](C2)N(CC2CC2)CC[C@]314. The topological polar surface area (TPSA) is 88.1 Å². The van der Waals surface area contributed by atoms with E-state index < -0.39 is 41.5 Å². The van der Waals surface area contributed by atoms with Crippen molar-refractivity contribution in [1.82, 2.24) is 9.62 Å². The molecule has 1 saturated heterocycles. The highest BCUT2D eigenvalue weighted by Gasteiger charge is 2.73. The predicted molar refractivity (Wildman–Crippen MR) is 177 cm³/mol. The van der Waals surface area contributed by atoms with Gasteiger partial charge in [-0.2, -0.15) is 0 Å². The van der Waals surface area contributed by atoms with Gasteiger partial charge in [-0.3, -0.25) is 4.90 Å². The molecule has 2 heterocycles. The number of nitrogens with one attached hydrogen (secondary N) is 1. The van der Waals surface area contributed by atoms with E-state index >= 15 is 0 Å². The minimum Gasteiger partial charge on any atom is -0.541 e. The molecule has 7 nitrogen and oxygen atoms in total. The molecule has 7 rings (SSSR count). The summed E-state index contributed by atoms with van der Waals surface area (Å²) in [5, 5.41) is 13.6. The number of nitrogens with zero attached hydrogens (tertiary/aromatic N) is 1. The van der Waals surface area contributed by atoms with Crippen LogP contribution in [0.15, 0.2) is 30.3 Å². The van der Waals surface area contributed by atoms with Crippen molar-refractivity contribution in [3.8, 4) is 11.5 Å². The van der Waals surface area contributed by atoms with Crippen LogP contribution in [0.4, 0.5) is 0 Å². The number of hydrogen-bond acceptors (Lipinski definition) is 6. The van der Waals surface area contributed by atoms with E-state index in [1.165, 1.54) is 18.4 Å². The molecule has 0 unspecified atom stereocenters. The zero-order valence-electron chi connectivity index (χ0n) is 26.3. The van der Waals surface area contributed by atoms with Crippen LogP contribution in [-0.4, -0.2) is 63.6 Å². The molecule has 1 spiro atoms. The number of piperidine rings is 1. The highest BCUT2D eigenvalue weighted by atomic mass is 35.5. The monoisotopic (exact) mass is 678 g/mol. The average Bonchev–Trinajstić information content (AvgIpc) is 3.66. The number of ether oxygens (including phenoxy) is 1. The van der Waals surface area contributed by atoms with Crippen molar-refractivity contribution in [2.24, 2.45) is 5.92 Å². The van der Waals surface area contributed by atoms with Gasteiger partial charge in [-0.15, -0.1) is 0 Å². The van der Waals surface area contributed by atoms with Gasteiger partial charge in [0.15, 0.2) is 5.75 Å². The second-order valence-corrected chi connectivity index (χ2v) is 22.7. The molecule has 2 bridgehead atoms. The van der Waals surface area contributed by atoms with E-state index in [1.54, 1.807) is 18.2 Å². The largest absolute Gasteiger partial charge is 0.541 e. The summed E-state index contributed by atoms with van der Waals surface area (Å²) in [6.45, 7) is 13.0. The van der Waals surface area contributed by atoms with Crippen molar-refractivity contribution >= 4 is 41.5 Å². The fourth-order valence-electron chi connectivity index (χ4n) is 8.22. The highest BCUT2D eigenvalue weighted by Crippen LogP contribution is 2.66. The molecule has 2 saturated carbocycles. The lowest BCUT2D eigenvalue weighted by Crippen LogP contribution is -2.78. The molecule has 5 atom stereocenters. The van der Waals surface area contributed by atoms with E-state index in [0.29, 0.717) is 46.5 Å². The Morgan fingerprint density at radius 3 is 2.55 bits per heavy atom. The zero-order chi connectivity index (χ0) is 31.4. The first-order chi connectivity index (χ1) is 20.5. The summed E-state index contributed by atoms with van der Waals surface area (Å²) in [5.41, 5.74) is 1.06.